The van der Waals surface area contributed by atoms with Crippen LogP contribution in [0.15, 0.2) is 36.4 Å². The molecule has 3 nitrogen and oxygen atoms in total. The maximum atomic E-state index is 12.4. The number of ether oxygens (including phenoxy) is 1. The fourth-order valence-electron chi connectivity index (χ4n) is 3.79. The Morgan fingerprint density at radius 2 is 1.73 bits per heavy atom. The van der Waals surface area contributed by atoms with Crippen LogP contribution in [0.1, 0.15) is 60.0 Å². The molecule has 0 bridgehead atoms. The zero-order chi connectivity index (χ0) is 18.5. The number of nitrogens with one attached hydrogen (secondary N) is 1. The van der Waals surface area contributed by atoms with E-state index in [9.17, 15) is 4.79 Å². The van der Waals surface area contributed by atoms with Crippen molar-refractivity contribution in [3.63, 3.8) is 0 Å². The molecule has 2 aromatic rings. The fraction of sp³-hybridized carbons (Fsp3) is 0.435. The summed E-state index contributed by atoms with van der Waals surface area (Å²) in [7, 11) is 0. The van der Waals surface area contributed by atoms with Gasteiger partial charge in [-0.15, -0.1) is 0 Å². The standard InChI is InChI=1S/C23H29NO2/c1-4-22(20-10-9-18-7-5-6-8-19(18)14-20)24-23(25)15-26-21-12-16(2)11-17(3)13-21/h9-14,22H,4-8,15H2,1-3H3,(H,24,25)/t22-/m1/s1. The zero-order valence-corrected chi connectivity index (χ0v) is 16.1. The number of fused-ring (bicyclic) bond motifs is 1. The van der Waals surface area contributed by atoms with Gasteiger partial charge in [-0.3, -0.25) is 4.79 Å². The van der Waals surface area contributed by atoms with Crippen molar-refractivity contribution in [2.45, 2.75) is 58.9 Å². The molecule has 1 amide bonds. The van der Waals surface area contributed by atoms with Crippen molar-refractivity contribution >= 4 is 5.91 Å². The van der Waals surface area contributed by atoms with Gasteiger partial charge in [-0.1, -0.05) is 31.2 Å². The lowest BCUT2D eigenvalue weighted by Gasteiger charge is -2.22. The van der Waals surface area contributed by atoms with Crippen LogP contribution >= 0.6 is 0 Å². The van der Waals surface area contributed by atoms with Crippen molar-refractivity contribution in [1.82, 2.24) is 5.32 Å². The van der Waals surface area contributed by atoms with Gasteiger partial charge in [0.25, 0.3) is 5.91 Å². The van der Waals surface area contributed by atoms with Crippen LogP contribution in [-0.2, 0) is 17.6 Å². The van der Waals surface area contributed by atoms with Crippen LogP contribution in [0.4, 0.5) is 0 Å². The SMILES string of the molecule is CC[C@@H](NC(=O)COc1cc(C)cc(C)c1)c1ccc2c(c1)CCCC2. The molecule has 0 spiro atoms. The summed E-state index contributed by atoms with van der Waals surface area (Å²) in [6.07, 6.45) is 5.76. The Bertz CT molecular complexity index is 762. The van der Waals surface area contributed by atoms with Crippen molar-refractivity contribution in [2.24, 2.45) is 0 Å². The van der Waals surface area contributed by atoms with Crippen LogP contribution in [0, 0.1) is 13.8 Å². The number of carbonyl (C=O) groups is 1. The number of rotatable bonds is 6. The molecule has 3 rings (SSSR count). The second-order valence-electron chi connectivity index (χ2n) is 7.38. The van der Waals surface area contributed by atoms with Crippen molar-refractivity contribution in [3.05, 3.63) is 64.2 Å². The smallest absolute Gasteiger partial charge is 0.258 e. The van der Waals surface area contributed by atoms with Gasteiger partial charge >= 0.3 is 0 Å². The summed E-state index contributed by atoms with van der Waals surface area (Å²) < 4.78 is 5.69. The van der Waals surface area contributed by atoms with E-state index in [0.29, 0.717) is 0 Å². The van der Waals surface area contributed by atoms with E-state index >= 15 is 0 Å². The highest BCUT2D eigenvalue weighted by molar-refractivity contribution is 5.78. The Morgan fingerprint density at radius 1 is 1.04 bits per heavy atom. The number of aryl methyl sites for hydroxylation is 4. The lowest BCUT2D eigenvalue weighted by atomic mass is 9.89. The summed E-state index contributed by atoms with van der Waals surface area (Å²) in [6.45, 7) is 6.21. The van der Waals surface area contributed by atoms with E-state index in [1.807, 2.05) is 26.0 Å². The Labute approximate surface area is 156 Å². The van der Waals surface area contributed by atoms with Gasteiger partial charge in [0.2, 0.25) is 0 Å². The highest BCUT2D eigenvalue weighted by Gasteiger charge is 2.16. The first kappa shape index (κ1) is 18.5. The molecule has 1 aliphatic rings. The predicted octanol–water partition coefficient (Wildman–Crippen LogP) is 4.83. The van der Waals surface area contributed by atoms with Gasteiger partial charge in [-0.05, 0) is 85.9 Å². The topological polar surface area (TPSA) is 38.3 Å². The molecular weight excluding hydrogens is 322 g/mol. The normalized spacial score (nSPS) is 14.4. The molecule has 0 radical (unpaired) electrons. The summed E-state index contributed by atoms with van der Waals surface area (Å²) in [4.78, 5) is 12.4. The van der Waals surface area contributed by atoms with Crippen molar-refractivity contribution in [3.8, 4) is 5.75 Å². The van der Waals surface area contributed by atoms with Crippen LogP contribution in [0.3, 0.4) is 0 Å². The second kappa shape index (κ2) is 8.39. The van der Waals surface area contributed by atoms with Crippen molar-refractivity contribution in [1.29, 1.82) is 0 Å². The van der Waals surface area contributed by atoms with E-state index in [1.54, 1.807) is 0 Å². The molecule has 3 heteroatoms. The largest absolute Gasteiger partial charge is 0.484 e. The highest BCUT2D eigenvalue weighted by atomic mass is 16.5. The Morgan fingerprint density at radius 3 is 2.42 bits per heavy atom. The van der Waals surface area contributed by atoms with E-state index in [4.69, 9.17) is 4.74 Å². The third kappa shape index (κ3) is 4.66. The Hall–Kier alpha value is -2.29. The monoisotopic (exact) mass is 351 g/mol. The van der Waals surface area contributed by atoms with Crippen LogP contribution in [0.5, 0.6) is 5.75 Å². The number of amides is 1. The molecular formula is C23H29NO2. The first-order valence-electron chi connectivity index (χ1n) is 9.67. The van der Waals surface area contributed by atoms with Gasteiger partial charge in [0.05, 0.1) is 6.04 Å². The third-order valence-electron chi connectivity index (χ3n) is 5.08. The van der Waals surface area contributed by atoms with Gasteiger partial charge in [0.15, 0.2) is 6.61 Å². The molecule has 2 aromatic carbocycles. The molecule has 0 saturated heterocycles. The van der Waals surface area contributed by atoms with Crippen molar-refractivity contribution in [2.75, 3.05) is 6.61 Å². The number of hydrogen-bond donors (Lipinski definition) is 1. The van der Waals surface area contributed by atoms with Gasteiger partial charge in [-0.2, -0.15) is 0 Å². The number of hydrogen-bond acceptors (Lipinski definition) is 2. The molecule has 1 aliphatic carbocycles. The molecule has 0 aromatic heterocycles. The first-order valence-corrected chi connectivity index (χ1v) is 9.67. The number of carbonyl (C=O) groups excluding carboxylic acids is 1. The van der Waals surface area contributed by atoms with Crippen LogP contribution < -0.4 is 10.1 Å². The number of benzene rings is 2. The predicted molar refractivity (Wildman–Crippen MR) is 106 cm³/mol. The highest BCUT2D eigenvalue weighted by Crippen LogP contribution is 2.26. The molecule has 138 valence electrons. The molecule has 0 aliphatic heterocycles. The molecule has 0 saturated carbocycles. The summed E-state index contributed by atoms with van der Waals surface area (Å²) in [6, 6.07) is 12.7. The summed E-state index contributed by atoms with van der Waals surface area (Å²) in [5, 5.41) is 3.13. The average molecular weight is 351 g/mol. The van der Waals surface area contributed by atoms with Gasteiger partial charge in [0.1, 0.15) is 5.75 Å². The van der Waals surface area contributed by atoms with E-state index in [2.05, 4.69) is 36.5 Å². The van der Waals surface area contributed by atoms with E-state index < -0.39 is 0 Å². The molecule has 0 fully saturated rings. The summed E-state index contributed by atoms with van der Waals surface area (Å²) in [5.74, 6) is 0.674. The van der Waals surface area contributed by atoms with Crippen LogP contribution in [0.25, 0.3) is 0 Å². The van der Waals surface area contributed by atoms with Gasteiger partial charge < -0.3 is 10.1 Å². The maximum Gasteiger partial charge on any atom is 0.258 e. The third-order valence-corrected chi connectivity index (χ3v) is 5.08. The van der Waals surface area contributed by atoms with Crippen molar-refractivity contribution < 1.29 is 9.53 Å². The molecule has 1 N–H and O–H groups in total. The lowest BCUT2D eigenvalue weighted by molar-refractivity contribution is -0.123. The minimum absolute atomic E-state index is 0.0394. The zero-order valence-electron chi connectivity index (χ0n) is 16.1. The quantitative estimate of drug-likeness (QED) is 0.809. The van der Waals surface area contributed by atoms with Crippen LogP contribution in [-0.4, -0.2) is 12.5 Å². The molecule has 0 unspecified atom stereocenters. The maximum absolute atomic E-state index is 12.4. The first-order chi connectivity index (χ1) is 12.5. The minimum Gasteiger partial charge on any atom is -0.484 e. The van der Waals surface area contributed by atoms with E-state index in [-0.39, 0.29) is 18.6 Å². The van der Waals surface area contributed by atoms with Gasteiger partial charge in [0, 0.05) is 0 Å². The molecule has 26 heavy (non-hydrogen) atoms. The van der Waals surface area contributed by atoms with Gasteiger partial charge in [-0.25, -0.2) is 0 Å². The molecule has 0 heterocycles. The molecule has 1 atom stereocenters. The minimum atomic E-state index is -0.0753. The average Bonchev–Trinajstić information content (AvgIpc) is 2.63. The van der Waals surface area contributed by atoms with Crippen LogP contribution in [0.2, 0.25) is 0 Å². The Kier molecular flexibility index (Phi) is 5.97. The van der Waals surface area contributed by atoms with E-state index in [0.717, 1.165) is 29.7 Å². The fourth-order valence-corrected chi connectivity index (χ4v) is 3.79. The van der Waals surface area contributed by atoms with E-state index in [1.165, 1.54) is 36.0 Å². The Balaban J connectivity index is 1.61. The summed E-state index contributed by atoms with van der Waals surface area (Å²) >= 11 is 0. The second-order valence-corrected chi connectivity index (χ2v) is 7.38. The lowest BCUT2D eigenvalue weighted by Crippen LogP contribution is -2.32. The summed E-state index contributed by atoms with van der Waals surface area (Å²) in [5.41, 5.74) is 6.40.